The van der Waals surface area contributed by atoms with E-state index >= 15 is 0 Å². The second kappa shape index (κ2) is 15.1. The van der Waals surface area contributed by atoms with Crippen molar-refractivity contribution in [3.8, 4) is 0 Å². The molecule has 0 radical (unpaired) electrons. The molecule has 3 rings (SSSR count). The number of aliphatic hydroxyl groups excluding tert-OH is 1. The van der Waals surface area contributed by atoms with Crippen LogP contribution >= 0.6 is 0 Å². The van der Waals surface area contributed by atoms with Gasteiger partial charge in [0.1, 0.15) is 0 Å². The van der Waals surface area contributed by atoms with E-state index < -0.39 is 12.1 Å². The third-order valence-electron chi connectivity index (χ3n) is 6.68. The molecule has 6 heteroatoms. The van der Waals surface area contributed by atoms with Crippen molar-refractivity contribution >= 4 is 11.8 Å². The zero-order chi connectivity index (χ0) is 27.3. The van der Waals surface area contributed by atoms with E-state index in [-0.39, 0.29) is 17.9 Å². The van der Waals surface area contributed by atoms with Gasteiger partial charge >= 0.3 is 0 Å². The lowest BCUT2D eigenvalue weighted by Gasteiger charge is -2.26. The maximum absolute atomic E-state index is 13.2. The molecule has 38 heavy (non-hydrogen) atoms. The van der Waals surface area contributed by atoms with Gasteiger partial charge in [-0.1, -0.05) is 74.5 Å². The smallest absolute Gasteiger partial charge is 0.253 e. The van der Waals surface area contributed by atoms with E-state index in [4.69, 9.17) is 0 Å². The summed E-state index contributed by atoms with van der Waals surface area (Å²) in [5.74, 6) is -0.296. The minimum Gasteiger partial charge on any atom is -0.390 e. The molecule has 0 saturated heterocycles. The number of nitrogens with one attached hydrogen (secondary N) is 2. The first-order chi connectivity index (χ1) is 18.4. The third-order valence-corrected chi connectivity index (χ3v) is 6.68. The van der Waals surface area contributed by atoms with Gasteiger partial charge in [-0.3, -0.25) is 9.59 Å². The van der Waals surface area contributed by atoms with E-state index in [0.29, 0.717) is 37.2 Å². The van der Waals surface area contributed by atoms with Gasteiger partial charge in [-0.15, -0.1) is 0 Å². The van der Waals surface area contributed by atoms with Crippen LogP contribution in [-0.4, -0.2) is 53.6 Å². The summed E-state index contributed by atoms with van der Waals surface area (Å²) in [6.45, 7) is 7.92. The number of benzene rings is 3. The fraction of sp³-hybridized carbons (Fsp3) is 0.375. The Kier molecular flexibility index (Phi) is 11.5. The van der Waals surface area contributed by atoms with Gasteiger partial charge in [-0.25, -0.2) is 0 Å². The highest BCUT2D eigenvalue weighted by Gasteiger charge is 2.23. The van der Waals surface area contributed by atoms with Gasteiger partial charge in [-0.2, -0.15) is 0 Å². The van der Waals surface area contributed by atoms with Crippen molar-refractivity contribution in [2.45, 2.75) is 58.2 Å². The van der Waals surface area contributed by atoms with Gasteiger partial charge in [0.15, 0.2) is 0 Å². The van der Waals surface area contributed by atoms with E-state index in [1.54, 1.807) is 24.3 Å². The minimum atomic E-state index is -0.803. The molecule has 0 aliphatic carbocycles. The van der Waals surface area contributed by atoms with Crippen molar-refractivity contribution in [2.24, 2.45) is 0 Å². The summed E-state index contributed by atoms with van der Waals surface area (Å²) >= 11 is 0. The molecule has 202 valence electrons. The van der Waals surface area contributed by atoms with Crippen molar-refractivity contribution in [3.05, 3.63) is 107 Å². The molecular formula is C32H41N3O3. The van der Waals surface area contributed by atoms with E-state index in [1.165, 1.54) is 0 Å². The summed E-state index contributed by atoms with van der Waals surface area (Å²) < 4.78 is 0. The lowest BCUT2D eigenvalue weighted by Crippen LogP contribution is -2.49. The average molecular weight is 516 g/mol. The molecule has 3 N–H and O–H groups in total. The van der Waals surface area contributed by atoms with Crippen LogP contribution in [-0.2, 0) is 6.42 Å². The van der Waals surface area contributed by atoms with Crippen LogP contribution in [0, 0.1) is 0 Å². The molecule has 0 aliphatic rings. The Labute approximate surface area is 227 Å². The second-order valence-electron chi connectivity index (χ2n) is 9.75. The highest BCUT2D eigenvalue weighted by Crippen LogP contribution is 2.14. The summed E-state index contributed by atoms with van der Waals surface area (Å²) in [5.41, 5.74) is 3.19. The molecular weight excluding hydrogens is 474 g/mol. The van der Waals surface area contributed by atoms with E-state index in [0.717, 1.165) is 24.0 Å². The summed E-state index contributed by atoms with van der Waals surface area (Å²) in [6, 6.07) is 26.2. The van der Waals surface area contributed by atoms with Gasteiger partial charge in [0.2, 0.25) is 0 Å². The molecule has 3 aromatic rings. The van der Waals surface area contributed by atoms with Gasteiger partial charge in [0.25, 0.3) is 11.8 Å². The number of amides is 2. The summed E-state index contributed by atoms with van der Waals surface area (Å²) in [4.78, 5) is 27.9. The number of nitrogens with zero attached hydrogens (tertiary/aromatic N) is 1. The molecule has 0 fully saturated rings. The predicted octanol–water partition coefficient (Wildman–Crippen LogP) is 5.00. The Bertz CT molecular complexity index is 1110. The Morgan fingerprint density at radius 2 is 1.37 bits per heavy atom. The van der Waals surface area contributed by atoms with Crippen LogP contribution in [0.4, 0.5) is 0 Å². The summed E-state index contributed by atoms with van der Waals surface area (Å²) in [5, 5.41) is 17.5. The molecule has 0 heterocycles. The van der Waals surface area contributed by atoms with E-state index in [1.807, 2.05) is 65.6 Å². The topological polar surface area (TPSA) is 81.7 Å². The standard InChI is InChI=1S/C32H41N3O3/c1-4-20-35(21-5-2)32(38)28-18-16-27(17-19-28)31(37)34-29(22-25-12-8-6-9-13-25)30(36)23-33-24(3)26-14-10-7-11-15-26/h6-19,24,29-30,33,36H,4-5,20-23H2,1-3H3,(H,34,37)/t24-,29+,30-/m1/s1. The van der Waals surface area contributed by atoms with E-state index in [2.05, 4.69) is 31.4 Å². The first-order valence-electron chi connectivity index (χ1n) is 13.6. The largest absolute Gasteiger partial charge is 0.390 e. The maximum atomic E-state index is 13.2. The Morgan fingerprint density at radius 1 is 0.816 bits per heavy atom. The number of hydrogen-bond donors (Lipinski definition) is 3. The minimum absolute atomic E-state index is 0.0170. The second-order valence-corrected chi connectivity index (χ2v) is 9.75. The quantitative estimate of drug-likeness (QED) is 0.282. The van der Waals surface area contributed by atoms with Crippen LogP contribution in [0.15, 0.2) is 84.9 Å². The van der Waals surface area contributed by atoms with Crippen LogP contribution in [0.2, 0.25) is 0 Å². The van der Waals surface area contributed by atoms with Gasteiger partial charge in [-0.05, 0) is 61.6 Å². The first-order valence-corrected chi connectivity index (χ1v) is 13.6. The van der Waals surface area contributed by atoms with E-state index in [9.17, 15) is 14.7 Å². The Morgan fingerprint density at radius 3 is 1.95 bits per heavy atom. The number of rotatable bonds is 14. The van der Waals surface area contributed by atoms with Gasteiger partial charge in [0, 0.05) is 36.8 Å². The summed E-state index contributed by atoms with van der Waals surface area (Å²) in [6.07, 6.45) is 1.49. The normalized spacial score (nSPS) is 13.4. The van der Waals surface area contributed by atoms with Crippen molar-refractivity contribution < 1.29 is 14.7 Å². The van der Waals surface area contributed by atoms with Crippen LogP contribution in [0.25, 0.3) is 0 Å². The SMILES string of the molecule is CCCN(CCC)C(=O)c1ccc(C(=O)N[C@@H](Cc2ccccc2)[C@H](O)CN[C@H](C)c2ccccc2)cc1. The van der Waals surface area contributed by atoms with Gasteiger partial charge in [0.05, 0.1) is 12.1 Å². The van der Waals surface area contributed by atoms with Gasteiger partial charge < -0.3 is 20.6 Å². The van der Waals surface area contributed by atoms with Crippen LogP contribution in [0.5, 0.6) is 0 Å². The number of carbonyl (C=O) groups excluding carboxylic acids is 2. The highest BCUT2D eigenvalue weighted by molar-refractivity contribution is 5.98. The fourth-order valence-electron chi connectivity index (χ4n) is 4.50. The maximum Gasteiger partial charge on any atom is 0.253 e. The zero-order valence-corrected chi connectivity index (χ0v) is 22.8. The molecule has 0 aromatic heterocycles. The average Bonchev–Trinajstić information content (AvgIpc) is 2.96. The Balaban J connectivity index is 1.69. The van der Waals surface area contributed by atoms with Crippen LogP contribution in [0.3, 0.4) is 0 Å². The predicted molar refractivity (Wildman–Crippen MR) is 153 cm³/mol. The molecule has 0 bridgehead atoms. The number of aliphatic hydroxyl groups is 1. The molecule has 0 aliphatic heterocycles. The fourth-order valence-corrected chi connectivity index (χ4v) is 4.50. The van der Waals surface area contributed by atoms with Crippen molar-refractivity contribution in [1.29, 1.82) is 0 Å². The molecule has 2 amide bonds. The highest BCUT2D eigenvalue weighted by atomic mass is 16.3. The number of hydrogen-bond acceptors (Lipinski definition) is 4. The molecule has 6 nitrogen and oxygen atoms in total. The Hall–Kier alpha value is -3.48. The third kappa shape index (κ3) is 8.54. The molecule has 0 unspecified atom stereocenters. The monoisotopic (exact) mass is 515 g/mol. The van der Waals surface area contributed by atoms with Crippen LogP contribution < -0.4 is 10.6 Å². The molecule has 3 aromatic carbocycles. The van der Waals surface area contributed by atoms with Crippen molar-refractivity contribution in [3.63, 3.8) is 0 Å². The van der Waals surface area contributed by atoms with Crippen molar-refractivity contribution in [1.82, 2.24) is 15.5 Å². The number of carbonyl (C=O) groups is 2. The molecule has 3 atom stereocenters. The van der Waals surface area contributed by atoms with Crippen molar-refractivity contribution in [2.75, 3.05) is 19.6 Å². The molecule has 0 spiro atoms. The first kappa shape index (κ1) is 29.1. The lowest BCUT2D eigenvalue weighted by molar-refractivity contribution is 0.0754. The zero-order valence-electron chi connectivity index (χ0n) is 22.8. The molecule has 0 saturated carbocycles. The lowest BCUT2D eigenvalue weighted by atomic mass is 9.99. The van der Waals surface area contributed by atoms with Crippen LogP contribution in [0.1, 0.15) is 71.5 Å². The summed E-state index contributed by atoms with van der Waals surface area (Å²) in [7, 11) is 0.